The highest BCUT2D eigenvalue weighted by Crippen LogP contribution is 2.21. The van der Waals surface area contributed by atoms with Crippen molar-refractivity contribution < 1.29 is 0 Å². The van der Waals surface area contributed by atoms with E-state index in [1.165, 1.54) is 29.2 Å². The third kappa shape index (κ3) is 6.78. The van der Waals surface area contributed by atoms with Crippen molar-refractivity contribution in [3.8, 4) is 0 Å². The van der Waals surface area contributed by atoms with Crippen molar-refractivity contribution in [1.29, 1.82) is 0 Å². The van der Waals surface area contributed by atoms with Crippen LogP contribution in [0.25, 0.3) is 0 Å². The Kier molecular flexibility index (Phi) is 9.75. The number of nitrogens with one attached hydrogen (secondary N) is 1. The highest BCUT2D eigenvalue weighted by molar-refractivity contribution is 14.0. The molecule has 0 unspecified atom stereocenters. The number of guanidine groups is 1. The van der Waals surface area contributed by atoms with Gasteiger partial charge in [-0.2, -0.15) is 11.8 Å². The number of likely N-dealkylation sites (N-methyl/N-ethyl adjacent to an activating group) is 1. The summed E-state index contributed by atoms with van der Waals surface area (Å²) in [4.78, 5) is 8.08. The van der Waals surface area contributed by atoms with Crippen LogP contribution in [0.15, 0.2) is 22.5 Å². The Balaban J connectivity index is 0.00000220. The van der Waals surface area contributed by atoms with Gasteiger partial charge in [0.15, 0.2) is 5.96 Å². The van der Waals surface area contributed by atoms with E-state index in [9.17, 15) is 0 Å². The van der Waals surface area contributed by atoms with Gasteiger partial charge >= 0.3 is 0 Å². The first-order valence-corrected chi connectivity index (χ1v) is 9.35. The number of hydrogen-bond acceptors (Lipinski definition) is 3. The summed E-state index contributed by atoms with van der Waals surface area (Å²) < 4.78 is 0. The summed E-state index contributed by atoms with van der Waals surface area (Å²) in [5.41, 5.74) is 0. The lowest BCUT2D eigenvalue weighted by Gasteiger charge is -2.26. The summed E-state index contributed by atoms with van der Waals surface area (Å²) in [6.45, 7) is 2.08. The Hall–Kier alpha value is 0.0500. The van der Waals surface area contributed by atoms with Gasteiger partial charge in [-0.05, 0) is 48.1 Å². The third-order valence-corrected chi connectivity index (χ3v) is 5.72. The van der Waals surface area contributed by atoms with Gasteiger partial charge in [0.25, 0.3) is 0 Å². The van der Waals surface area contributed by atoms with Crippen molar-refractivity contribution in [3.05, 3.63) is 22.4 Å². The molecule has 1 aliphatic heterocycles. The van der Waals surface area contributed by atoms with Gasteiger partial charge < -0.3 is 10.2 Å². The molecular formula is C15H26IN3S2. The number of hydrogen-bond donors (Lipinski definition) is 1. The molecular weight excluding hydrogens is 413 g/mol. The van der Waals surface area contributed by atoms with Crippen LogP contribution in [0.2, 0.25) is 0 Å². The summed E-state index contributed by atoms with van der Waals surface area (Å²) in [5, 5.41) is 5.68. The molecule has 0 amide bonds. The molecule has 1 saturated heterocycles. The van der Waals surface area contributed by atoms with Gasteiger partial charge in [0.1, 0.15) is 0 Å². The Labute approximate surface area is 154 Å². The number of aliphatic imine (C=N–C) groups is 1. The third-order valence-electron chi connectivity index (χ3n) is 3.74. The lowest BCUT2D eigenvalue weighted by molar-refractivity contribution is 0.445. The second kappa shape index (κ2) is 10.7. The molecule has 1 aliphatic rings. The summed E-state index contributed by atoms with van der Waals surface area (Å²) in [7, 11) is 4.00. The summed E-state index contributed by atoms with van der Waals surface area (Å²) >= 11 is 3.92. The van der Waals surface area contributed by atoms with E-state index in [0.717, 1.165) is 31.4 Å². The highest BCUT2D eigenvalue weighted by Gasteiger charge is 2.15. The van der Waals surface area contributed by atoms with Gasteiger partial charge in [-0.15, -0.1) is 35.3 Å². The fraction of sp³-hybridized carbons (Fsp3) is 0.667. The SMILES string of the molecule is CN=C(NCC1CCSCC1)N(C)CCc1cccs1.I. The Morgan fingerprint density at radius 3 is 2.81 bits per heavy atom. The minimum Gasteiger partial charge on any atom is -0.356 e. The monoisotopic (exact) mass is 439 g/mol. The van der Waals surface area contributed by atoms with Gasteiger partial charge in [-0.1, -0.05) is 6.07 Å². The van der Waals surface area contributed by atoms with Crippen LogP contribution in [0.5, 0.6) is 0 Å². The average molecular weight is 439 g/mol. The minimum absolute atomic E-state index is 0. The first kappa shape index (κ1) is 19.1. The lowest BCUT2D eigenvalue weighted by atomic mass is 10.0. The molecule has 0 atom stereocenters. The van der Waals surface area contributed by atoms with Crippen LogP contribution in [0, 0.1) is 5.92 Å². The maximum atomic E-state index is 4.40. The predicted octanol–water partition coefficient (Wildman–Crippen LogP) is 3.56. The number of halogens is 1. The van der Waals surface area contributed by atoms with Crippen molar-refractivity contribution >= 4 is 53.0 Å². The molecule has 0 radical (unpaired) electrons. The van der Waals surface area contributed by atoms with Gasteiger partial charge in [-0.25, -0.2) is 0 Å². The Morgan fingerprint density at radius 2 is 2.19 bits per heavy atom. The molecule has 0 bridgehead atoms. The number of rotatable bonds is 5. The molecule has 1 aromatic heterocycles. The number of thiophene rings is 1. The molecule has 1 fully saturated rings. The van der Waals surface area contributed by atoms with E-state index in [1.54, 1.807) is 0 Å². The van der Waals surface area contributed by atoms with Crippen LogP contribution >= 0.6 is 47.1 Å². The van der Waals surface area contributed by atoms with Crippen LogP contribution in [-0.2, 0) is 6.42 Å². The summed E-state index contributed by atoms with van der Waals surface area (Å²) in [5.74, 6) is 4.48. The molecule has 21 heavy (non-hydrogen) atoms. The van der Waals surface area contributed by atoms with Gasteiger partial charge in [0.2, 0.25) is 0 Å². The zero-order valence-corrected chi connectivity index (χ0v) is 16.8. The second-order valence-corrected chi connectivity index (χ2v) is 7.49. The van der Waals surface area contributed by atoms with E-state index in [2.05, 4.69) is 51.5 Å². The van der Waals surface area contributed by atoms with E-state index >= 15 is 0 Å². The van der Waals surface area contributed by atoms with Gasteiger partial charge in [0, 0.05) is 32.1 Å². The Bertz CT molecular complexity index is 403. The molecule has 0 aromatic carbocycles. The first-order valence-electron chi connectivity index (χ1n) is 7.31. The average Bonchev–Trinajstić information content (AvgIpc) is 3.00. The summed E-state index contributed by atoms with van der Waals surface area (Å²) in [6, 6.07) is 4.32. The Morgan fingerprint density at radius 1 is 1.43 bits per heavy atom. The predicted molar refractivity (Wildman–Crippen MR) is 107 cm³/mol. The van der Waals surface area contributed by atoms with Crippen LogP contribution in [0.3, 0.4) is 0 Å². The molecule has 0 spiro atoms. The zero-order chi connectivity index (χ0) is 14.2. The molecule has 1 N–H and O–H groups in total. The maximum Gasteiger partial charge on any atom is 0.193 e. The normalized spacial score (nSPS) is 16.4. The fourth-order valence-electron chi connectivity index (χ4n) is 2.41. The topological polar surface area (TPSA) is 27.6 Å². The van der Waals surface area contributed by atoms with Crippen molar-refractivity contribution in [1.82, 2.24) is 10.2 Å². The largest absolute Gasteiger partial charge is 0.356 e. The molecule has 2 heterocycles. The molecule has 120 valence electrons. The molecule has 1 aromatic rings. The second-order valence-electron chi connectivity index (χ2n) is 5.23. The summed E-state index contributed by atoms with van der Waals surface area (Å²) in [6.07, 6.45) is 3.77. The van der Waals surface area contributed by atoms with E-state index in [0.29, 0.717) is 0 Å². The van der Waals surface area contributed by atoms with Gasteiger partial charge in [-0.3, -0.25) is 4.99 Å². The van der Waals surface area contributed by atoms with Crippen molar-refractivity contribution in [2.75, 3.05) is 38.7 Å². The van der Waals surface area contributed by atoms with Crippen molar-refractivity contribution in [3.63, 3.8) is 0 Å². The minimum atomic E-state index is 0. The molecule has 2 rings (SSSR count). The fourth-order valence-corrected chi connectivity index (χ4v) is 4.31. The van der Waals surface area contributed by atoms with E-state index in [1.807, 2.05) is 18.4 Å². The van der Waals surface area contributed by atoms with Crippen molar-refractivity contribution in [2.24, 2.45) is 10.9 Å². The smallest absolute Gasteiger partial charge is 0.193 e. The van der Waals surface area contributed by atoms with Gasteiger partial charge in [0.05, 0.1) is 0 Å². The quantitative estimate of drug-likeness (QED) is 0.432. The number of nitrogens with zero attached hydrogens (tertiary/aromatic N) is 2. The van der Waals surface area contributed by atoms with E-state index < -0.39 is 0 Å². The number of thioether (sulfide) groups is 1. The standard InChI is InChI=1S/C15H25N3S2.HI/c1-16-15(17-12-13-6-10-19-11-7-13)18(2)8-5-14-4-3-9-20-14;/h3-4,9,13H,5-8,10-12H2,1-2H3,(H,16,17);1H. The zero-order valence-electron chi connectivity index (χ0n) is 12.9. The first-order chi connectivity index (χ1) is 9.79. The van der Waals surface area contributed by atoms with Crippen LogP contribution in [0.4, 0.5) is 0 Å². The highest BCUT2D eigenvalue weighted by atomic mass is 127. The van der Waals surface area contributed by atoms with E-state index in [-0.39, 0.29) is 24.0 Å². The lowest BCUT2D eigenvalue weighted by Crippen LogP contribution is -2.42. The van der Waals surface area contributed by atoms with Crippen LogP contribution < -0.4 is 5.32 Å². The molecule has 0 saturated carbocycles. The molecule has 3 nitrogen and oxygen atoms in total. The van der Waals surface area contributed by atoms with E-state index in [4.69, 9.17) is 0 Å². The van der Waals surface area contributed by atoms with Crippen molar-refractivity contribution in [2.45, 2.75) is 19.3 Å². The van der Waals surface area contributed by atoms with Crippen LogP contribution in [0.1, 0.15) is 17.7 Å². The maximum absolute atomic E-state index is 4.40. The molecule has 0 aliphatic carbocycles. The van der Waals surface area contributed by atoms with Crippen LogP contribution in [-0.4, -0.2) is 49.6 Å². The molecule has 6 heteroatoms.